The third kappa shape index (κ3) is 3.44. The number of piperidine rings is 1. The number of hydrogen-bond acceptors (Lipinski definition) is 4. The number of likely N-dealkylation sites (N-methyl/N-ethyl adjacent to an activating group) is 1. The SMILES string of the molecule is Cc1cc(Cl)c(N)cc1S(=O)(=O)NC1CCCN(C)C1. The molecule has 112 valence electrons. The van der Waals surface area contributed by atoms with Gasteiger partial charge in [0, 0.05) is 12.6 Å². The van der Waals surface area contributed by atoms with Crippen molar-refractivity contribution in [1.29, 1.82) is 0 Å². The van der Waals surface area contributed by atoms with Crippen LogP contribution in [0.5, 0.6) is 0 Å². The van der Waals surface area contributed by atoms with E-state index in [0.717, 1.165) is 25.9 Å². The minimum atomic E-state index is -3.57. The van der Waals surface area contributed by atoms with Gasteiger partial charge in [-0.2, -0.15) is 0 Å². The molecule has 5 nitrogen and oxygen atoms in total. The summed E-state index contributed by atoms with van der Waals surface area (Å²) < 4.78 is 27.7. The molecule has 1 aliphatic rings. The van der Waals surface area contributed by atoms with Crippen molar-refractivity contribution in [3.8, 4) is 0 Å². The molecule has 20 heavy (non-hydrogen) atoms. The molecule has 3 N–H and O–H groups in total. The largest absolute Gasteiger partial charge is 0.397 e. The summed E-state index contributed by atoms with van der Waals surface area (Å²) in [6.07, 6.45) is 1.84. The fraction of sp³-hybridized carbons (Fsp3) is 0.538. The van der Waals surface area contributed by atoms with E-state index < -0.39 is 10.0 Å². The van der Waals surface area contributed by atoms with E-state index >= 15 is 0 Å². The smallest absolute Gasteiger partial charge is 0.241 e. The average molecular weight is 318 g/mol. The first kappa shape index (κ1) is 15.6. The zero-order chi connectivity index (χ0) is 14.9. The van der Waals surface area contributed by atoms with Crippen LogP contribution in [0.3, 0.4) is 0 Å². The van der Waals surface area contributed by atoms with E-state index in [1.54, 1.807) is 13.0 Å². The first-order valence-corrected chi connectivity index (χ1v) is 8.42. The highest BCUT2D eigenvalue weighted by molar-refractivity contribution is 7.89. The normalized spacial score (nSPS) is 21.1. The molecule has 1 fully saturated rings. The van der Waals surface area contributed by atoms with Crippen molar-refractivity contribution < 1.29 is 8.42 Å². The number of rotatable bonds is 3. The molecule has 0 amide bonds. The Balaban J connectivity index is 2.24. The number of nitrogens with two attached hydrogens (primary N) is 1. The Morgan fingerprint density at radius 1 is 1.45 bits per heavy atom. The third-order valence-corrected chi connectivity index (χ3v) is 5.52. The van der Waals surface area contributed by atoms with Gasteiger partial charge in [0.1, 0.15) is 0 Å². The van der Waals surface area contributed by atoms with Gasteiger partial charge in [0.15, 0.2) is 0 Å². The summed E-state index contributed by atoms with van der Waals surface area (Å²) in [5, 5.41) is 0.374. The number of aryl methyl sites for hydroxylation is 1. The number of benzene rings is 1. The Morgan fingerprint density at radius 3 is 2.80 bits per heavy atom. The molecular formula is C13H20ClN3O2S. The number of sulfonamides is 1. The molecular weight excluding hydrogens is 298 g/mol. The first-order valence-electron chi connectivity index (χ1n) is 6.56. The van der Waals surface area contributed by atoms with Gasteiger partial charge in [-0.3, -0.25) is 0 Å². The second-order valence-electron chi connectivity index (χ2n) is 5.36. The zero-order valence-corrected chi connectivity index (χ0v) is 13.3. The van der Waals surface area contributed by atoms with Crippen LogP contribution in [0.1, 0.15) is 18.4 Å². The van der Waals surface area contributed by atoms with Gasteiger partial charge in [0.05, 0.1) is 15.6 Å². The molecule has 1 heterocycles. The highest BCUT2D eigenvalue weighted by Crippen LogP contribution is 2.26. The van der Waals surface area contributed by atoms with Crippen LogP contribution >= 0.6 is 11.6 Å². The number of likely N-dealkylation sites (tertiary alicyclic amines) is 1. The van der Waals surface area contributed by atoms with Crippen molar-refractivity contribution in [2.24, 2.45) is 0 Å². The van der Waals surface area contributed by atoms with E-state index in [2.05, 4.69) is 9.62 Å². The van der Waals surface area contributed by atoms with Gasteiger partial charge in [-0.05, 0) is 51.1 Å². The highest BCUT2D eigenvalue weighted by Gasteiger charge is 2.25. The van der Waals surface area contributed by atoms with Crippen LogP contribution < -0.4 is 10.5 Å². The van der Waals surface area contributed by atoms with E-state index in [0.29, 0.717) is 10.6 Å². The lowest BCUT2D eigenvalue weighted by Crippen LogP contribution is -2.46. The summed E-state index contributed by atoms with van der Waals surface area (Å²) in [7, 11) is -1.58. The van der Waals surface area contributed by atoms with Crippen molar-refractivity contribution in [3.05, 3.63) is 22.7 Å². The van der Waals surface area contributed by atoms with Crippen molar-refractivity contribution >= 4 is 27.3 Å². The molecule has 0 bridgehead atoms. The lowest BCUT2D eigenvalue weighted by molar-refractivity contribution is 0.242. The molecule has 1 aromatic rings. The molecule has 7 heteroatoms. The Labute approximate surface area is 125 Å². The number of nitrogens with zero attached hydrogens (tertiary/aromatic N) is 1. The highest BCUT2D eigenvalue weighted by atomic mass is 35.5. The van der Waals surface area contributed by atoms with Gasteiger partial charge in [-0.1, -0.05) is 11.6 Å². The molecule has 1 atom stereocenters. The molecule has 1 aliphatic heterocycles. The number of hydrogen-bond donors (Lipinski definition) is 2. The number of nitrogens with one attached hydrogen (secondary N) is 1. The predicted molar refractivity (Wildman–Crippen MR) is 81.4 cm³/mol. The average Bonchev–Trinajstić information content (AvgIpc) is 2.33. The second-order valence-corrected chi connectivity index (χ2v) is 7.45. The predicted octanol–water partition coefficient (Wildman–Crippen LogP) is 1.60. The molecule has 0 aliphatic carbocycles. The van der Waals surface area contributed by atoms with E-state index in [9.17, 15) is 8.42 Å². The first-order chi connectivity index (χ1) is 9.29. The molecule has 1 aromatic carbocycles. The standard InChI is InChI=1S/C13H20ClN3O2S/c1-9-6-11(14)12(15)7-13(9)20(18,19)16-10-4-3-5-17(2)8-10/h6-7,10,16H,3-5,8,15H2,1-2H3. The summed E-state index contributed by atoms with van der Waals surface area (Å²) in [5.41, 5.74) is 6.58. The van der Waals surface area contributed by atoms with Crippen LogP contribution in [0.25, 0.3) is 0 Å². The summed E-state index contributed by atoms with van der Waals surface area (Å²) in [4.78, 5) is 2.33. The van der Waals surface area contributed by atoms with E-state index in [-0.39, 0.29) is 16.6 Å². The minimum Gasteiger partial charge on any atom is -0.397 e. The Kier molecular flexibility index (Phi) is 4.59. The van der Waals surface area contributed by atoms with Crippen molar-refractivity contribution in [2.45, 2.75) is 30.7 Å². The van der Waals surface area contributed by atoms with Gasteiger partial charge in [-0.15, -0.1) is 0 Å². The number of nitrogen functional groups attached to an aromatic ring is 1. The number of halogens is 1. The van der Waals surface area contributed by atoms with Crippen LogP contribution in [-0.2, 0) is 10.0 Å². The maximum absolute atomic E-state index is 12.5. The zero-order valence-electron chi connectivity index (χ0n) is 11.7. The van der Waals surface area contributed by atoms with Gasteiger partial charge < -0.3 is 10.6 Å². The van der Waals surface area contributed by atoms with Gasteiger partial charge in [0.25, 0.3) is 0 Å². The van der Waals surface area contributed by atoms with Crippen LogP contribution in [0, 0.1) is 6.92 Å². The summed E-state index contributed by atoms with van der Waals surface area (Å²) >= 11 is 5.90. The minimum absolute atomic E-state index is 0.0601. The lowest BCUT2D eigenvalue weighted by atomic mass is 10.1. The van der Waals surface area contributed by atoms with Crippen molar-refractivity contribution in [3.63, 3.8) is 0 Å². The Hall–Kier alpha value is -0.820. The fourth-order valence-corrected chi connectivity index (χ4v) is 4.24. The topological polar surface area (TPSA) is 75.4 Å². The molecule has 1 unspecified atom stereocenters. The van der Waals surface area contributed by atoms with Gasteiger partial charge in [0.2, 0.25) is 10.0 Å². The lowest BCUT2D eigenvalue weighted by Gasteiger charge is -2.30. The fourth-order valence-electron chi connectivity index (χ4n) is 2.50. The maximum Gasteiger partial charge on any atom is 0.241 e. The molecule has 0 aromatic heterocycles. The molecule has 0 spiro atoms. The Bertz CT molecular complexity index is 604. The second kappa shape index (κ2) is 5.89. The molecule has 1 saturated heterocycles. The number of anilines is 1. The Morgan fingerprint density at radius 2 is 2.15 bits per heavy atom. The van der Waals surface area contributed by atoms with Crippen LogP contribution in [0.4, 0.5) is 5.69 Å². The van der Waals surface area contributed by atoms with E-state index in [4.69, 9.17) is 17.3 Å². The summed E-state index contributed by atoms with van der Waals surface area (Å²) in [6.45, 7) is 3.44. The van der Waals surface area contributed by atoms with Gasteiger partial charge >= 0.3 is 0 Å². The van der Waals surface area contributed by atoms with Crippen LogP contribution in [-0.4, -0.2) is 39.5 Å². The monoisotopic (exact) mass is 317 g/mol. The summed E-state index contributed by atoms with van der Waals surface area (Å²) in [6, 6.07) is 2.94. The molecule has 2 rings (SSSR count). The van der Waals surface area contributed by atoms with Crippen molar-refractivity contribution in [2.75, 3.05) is 25.9 Å². The van der Waals surface area contributed by atoms with E-state index in [1.165, 1.54) is 6.07 Å². The van der Waals surface area contributed by atoms with Crippen LogP contribution in [0.15, 0.2) is 17.0 Å². The maximum atomic E-state index is 12.5. The van der Waals surface area contributed by atoms with Crippen LogP contribution in [0.2, 0.25) is 5.02 Å². The van der Waals surface area contributed by atoms with Gasteiger partial charge in [-0.25, -0.2) is 13.1 Å². The molecule has 0 radical (unpaired) electrons. The summed E-state index contributed by atoms with van der Waals surface area (Å²) in [5.74, 6) is 0. The third-order valence-electron chi connectivity index (χ3n) is 3.53. The van der Waals surface area contributed by atoms with E-state index in [1.807, 2.05) is 7.05 Å². The molecule has 0 saturated carbocycles. The quantitative estimate of drug-likeness (QED) is 0.830. The van der Waals surface area contributed by atoms with Crippen molar-refractivity contribution in [1.82, 2.24) is 9.62 Å².